The second-order valence-electron chi connectivity index (χ2n) is 5.17. The minimum absolute atomic E-state index is 0.00599. The topological polar surface area (TPSA) is 78.9 Å². The van der Waals surface area contributed by atoms with Crippen LogP contribution in [0.1, 0.15) is 13.3 Å². The molecule has 0 aromatic heterocycles. The first kappa shape index (κ1) is 15.6. The average Bonchev–Trinajstić information content (AvgIpc) is 2.92. The van der Waals surface area contributed by atoms with Crippen LogP contribution < -0.4 is 5.32 Å². The van der Waals surface area contributed by atoms with Crippen LogP contribution in [0.15, 0.2) is 0 Å². The molecule has 0 spiro atoms. The summed E-state index contributed by atoms with van der Waals surface area (Å²) in [5.74, 6) is 0.0236. The van der Waals surface area contributed by atoms with Crippen molar-refractivity contribution < 1.29 is 19.4 Å². The Bertz CT molecular complexity index is 366. The Morgan fingerprint density at radius 3 is 2.95 bits per heavy atom. The van der Waals surface area contributed by atoms with E-state index in [0.29, 0.717) is 25.5 Å². The van der Waals surface area contributed by atoms with Crippen molar-refractivity contribution in [1.29, 1.82) is 0 Å². The lowest BCUT2D eigenvalue weighted by molar-refractivity contribution is -0.151. The Morgan fingerprint density at radius 1 is 1.45 bits per heavy atom. The minimum Gasteiger partial charge on any atom is -0.480 e. The summed E-state index contributed by atoms with van der Waals surface area (Å²) < 4.78 is 5.41. The van der Waals surface area contributed by atoms with Gasteiger partial charge in [0.25, 0.3) is 0 Å². The second kappa shape index (κ2) is 7.28. The lowest BCUT2D eigenvalue weighted by atomic mass is 10.0. The number of carbonyl (C=O) groups excluding carboxylic acids is 1. The molecule has 0 saturated carbocycles. The monoisotopic (exact) mass is 302 g/mol. The van der Waals surface area contributed by atoms with Gasteiger partial charge in [-0.1, -0.05) is 6.92 Å². The molecule has 2 rings (SSSR count). The van der Waals surface area contributed by atoms with Crippen molar-refractivity contribution in [1.82, 2.24) is 10.2 Å². The number of nitrogens with zero attached hydrogens (tertiary/aromatic N) is 1. The fourth-order valence-corrected chi connectivity index (χ4v) is 3.65. The Balaban J connectivity index is 2.02. The van der Waals surface area contributed by atoms with Crippen molar-refractivity contribution in [2.24, 2.45) is 5.92 Å². The van der Waals surface area contributed by atoms with Crippen molar-refractivity contribution in [2.45, 2.75) is 25.4 Å². The third-order valence-corrected chi connectivity index (χ3v) is 4.77. The van der Waals surface area contributed by atoms with Gasteiger partial charge in [-0.3, -0.25) is 4.79 Å². The molecule has 1 amide bonds. The second-order valence-corrected chi connectivity index (χ2v) is 6.31. The Kier molecular flexibility index (Phi) is 5.68. The molecular weight excluding hydrogens is 280 g/mol. The number of rotatable bonds is 5. The Labute approximate surface area is 123 Å². The van der Waals surface area contributed by atoms with E-state index in [2.05, 4.69) is 12.2 Å². The first-order chi connectivity index (χ1) is 9.65. The van der Waals surface area contributed by atoms with Crippen LogP contribution >= 0.6 is 11.8 Å². The number of carboxylic acid groups (broad SMARTS) is 1. The molecule has 7 heteroatoms. The molecule has 2 saturated heterocycles. The molecule has 3 unspecified atom stereocenters. The molecule has 20 heavy (non-hydrogen) atoms. The molecule has 2 aliphatic heterocycles. The van der Waals surface area contributed by atoms with E-state index in [1.807, 2.05) is 0 Å². The van der Waals surface area contributed by atoms with Gasteiger partial charge in [-0.05, 0) is 13.0 Å². The quantitative estimate of drug-likeness (QED) is 0.746. The number of hydrogen-bond acceptors (Lipinski definition) is 5. The summed E-state index contributed by atoms with van der Waals surface area (Å²) in [4.78, 5) is 25.4. The highest BCUT2D eigenvalue weighted by molar-refractivity contribution is 7.99. The van der Waals surface area contributed by atoms with Crippen molar-refractivity contribution >= 4 is 23.6 Å². The molecular formula is C13H22N2O4S. The van der Waals surface area contributed by atoms with Crippen LogP contribution in [0.2, 0.25) is 0 Å². The fourth-order valence-electron chi connectivity index (χ4n) is 2.61. The van der Waals surface area contributed by atoms with Crippen LogP contribution in [0.25, 0.3) is 0 Å². The number of hydrogen-bond donors (Lipinski definition) is 2. The zero-order valence-electron chi connectivity index (χ0n) is 11.7. The first-order valence-corrected chi connectivity index (χ1v) is 8.22. The molecule has 2 aliphatic rings. The van der Waals surface area contributed by atoms with Gasteiger partial charge in [0.05, 0.1) is 19.1 Å². The number of carboxylic acids is 1. The summed E-state index contributed by atoms with van der Waals surface area (Å²) in [6.45, 7) is 4.34. The van der Waals surface area contributed by atoms with Gasteiger partial charge in [0.1, 0.15) is 6.04 Å². The summed E-state index contributed by atoms with van der Waals surface area (Å²) in [5, 5.41) is 12.6. The summed E-state index contributed by atoms with van der Waals surface area (Å²) in [7, 11) is 0. The summed E-state index contributed by atoms with van der Waals surface area (Å²) >= 11 is 1.59. The molecule has 6 nitrogen and oxygen atoms in total. The highest BCUT2D eigenvalue weighted by atomic mass is 32.2. The van der Waals surface area contributed by atoms with Gasteiger partial charge in [-0.15, -0.1) is 0 Å². The highest BCUT2D eigenvalue weighted by Gasteiger charge is 2.41. The van der Waals surface area contributed by atoms with Gasteiger partial charge < -0.3 is 20.1 Å². The maximum Gasteiger partial charge on any atom is 0.327 e. The highest BCUT2D eigenvalue weighted by Crippen LogP contribution is 2.23. The Morgan fingerprint density at radius 2 is 2.25 bits per heavy atom. The fraction of sp³-hybridized carbons (Fsp3) is 0.846. The zero-order chi connectivity index (χ0) is 14.5. The van der Waals surface area contributed by atoms with E-state index in [1.165, 1.54) is 4.90 Å². The molecule has 114 valence electrons. The summed E-state index contributed by atoms with van der Waals surface area (Å²) in [6.07, 6.45) is 0.996. The molecule has 0 bridgehead atoms. The predicted molar refractivity (Wildman–Crippen MR) is 76.9 cm³/mol. The van der Waals surface area contributed by atoms with Crippen LogP contribution in [0.5, 0.6) is 0 Å². The van der Waals surface area contributed by atoms with Crippen LogP contribution in [0.4, 0.5) is 0 Å². The van der Waals surface area contributed by atoms with Gasteiger partial charge in [-0.2, -0.15) is 11.8 Å². The van der Waals surface area contributed by atoms with Crippen LogP contribution in [0, 0.1) is 5.92 Å². The molecule has 0 aromatic carbocycles. The minimum atomic E-state index is -0.914. The average molecular weight is 302 g/mol. The normalized spacial score (nSPS) is 30.4. The lowest BCUT2D eigenvalue weighted by Crippen LogP contribution is -2.55. The smallest absolute Gasteiger partial charge is 0.327 e. The van der Waals surface area contributed by atoms with Gasteiger partial charge in [0.15, 0.2) is 0 Å². The largest absolute Gasteiger partial charge is 0.480 e. The molecule has 2 N–H and O–H groups in total. The molecule has 0 aliphatic carbocycles. The maximum absolute atomic E-state index is 12.6. The lowest BCUT2D eigenvalue weighted by Gasteiger charge is -2.35. The number of ether oxygens (including phenoxy) is 1. The predicted octanol–water partition coefficient (Wildman–Crippen LogP) is 0.0296. The van der Waals surface area contributed by atoms with Gasteiger partial charge in [0, 0.05) is 24.1 Å². The van der Waals surface area contributed by atoms with E-state index in [0.717, 1.165) is 18.7 Å². The van der Waals surface area contributed by atoms with Gasteiger partial charge in [-0.25, -0.2) is 4.79 Å². The van der Waals surface area contributed by atoms with Crippen LogP contribution in [0.3, 0.4) is 0 Å². The van der Waals surface area contributed by atoms with Crippen LogP contribution in [-0.2, 0) is 14.3 Å². The summed E-state index contributed by atoms with van der Waals surface area (Å²) in [5.41, 5.74) is 0. The third kappa shape index (κ3) is 3.45. The van der Waals surface area contributed by atoms with Crippen molar-refractivity contribution in [3.05, 3.63) is 0 Å². The summed E-state index contributed by atoms with van der Waals surface area (Å²) in [6, 6.07) is -0.694. The number of carbonyl (C=O) groups is 2. The Hall–Kier alpha value is -0.790. The molecule has 2 heterocycles. The maximum atomic E-state index is 12.6. The number of nitrogens with one attached hydrogen (secondary N) is 1. The zero-order valence-corrected chi connectivity index (χ0v) is 12.5. The van der Waals surface area contributed by atoms with Crippen molar-refractivity contribution in [2.75, 3.05) is 37.8 Å². The first-order valence-electron chi connectivity index (χ1n) is 7.07. The van der Waals surface area contributed by atoms with E-state index < -0.39 is 12.0 Å². The van der Waals surface area contributed by atoms with E-state index in [9.17, 15) is 14.7 Å². The van der Waals surface area contributed by atoms with E-state index in [-0.39, 0.29) is 17.9 Å². The number of amides is 1. The molecule has 2 fully saturated rings. The van der Waals surface area contributed by atoms with Gasteiger partial charge >= 0.3 is 5.97 Å². The SMILES string of the molecule is CCCNC1COCC1C(=O)N1CCSCC1C(=O)O. The van der Waals surface area contributed by atoms with E-state index >= 15 is 0 Å². The molecule has 0 radical (unpaired) electrons. The molecule has 3 atom stereocenters. The third-order valence-electron chi connectivity index (χ3n) is 3.75. The standard InChI is InChI=1S/C13H22N2O4S/c1-2-3-14-10-7-19-6-9(10)12(16)15-4-5-20-8-11(15)13(17)18/h9-11,14H,2-8H2,1H3,(H,17,18). The van der Waals surface area contributed by atoms with E-state index in [4.69, 9.17) is 4.74 Å². The van der Waals surface area contributed by atoms with Gasteiger partial charge in [0.2, 0.25) is 5.91 Å². The van der Waals surface area contributed by atoms with Crippen molar-refractivity contribution in [3.8, 4) is 0 Å². The number of aliphatic carboxylic acids is 1. The van der Waals surface area contributed by atoms with Crippen LogP contribution in [-0.4, -0.2) is 71.8 Å². The number of thioether (sulfide) groups is 1. The van der Waals surface area contributed by atoms with E-state index in [1.54, 1.807) is 11.8 Å². The molecule has 0 aromatic rings. The van der Waals surface area contributed by atoms with Crippen molar-refractivity contribution in [3.63, 3.8) is 0 Å².